The van der Waals surface area contributed by atoms with Gasteiger partial charge in [0.1, 0.15) is 11.9 Å². The number of hydrogen-bond acceptors (Lipinski definition) is 4. The summed E-state index contributed by atoms with van der Waals surface area (Å²) in [5.74, 6) is 0.982. The number of rotatable bonds is 2. The van der Waals surface area contributed by atoms with Crippen LogP contribution in [0.4, 0.5) is 5.69 Å². The lowest BCUT2D eigenvalue weighted by molar-refractivity contribution is 0.179. The lowest BCUT2D eigenvalue weighted by Crippen LogP contribution is -2.42. The average molecular weight is 247 g/mol. The molecule has 1 aromatic rings. The van der Waals surface area contributed by atoms with Crippen molar-refractivity contribution in [1.29, 1.82) is 0 Å². The Kier molecular flexibility index (Phi) is 3.67. The second-order valence-electron chi connectivity index (χ2n) is 5.06. The van der Waals surface area contributed by atoms with Crippen LogP contribution in [-0.2, 0) is 0 Å². The highest BCUT2D eigenvalue weighted by atomic mass is 16.5. The Labute approximate surface area is 108 Å². The van der Waals surface area contributed by atoms with Crippen molar-refractivity contribution in [3.8, 4) is 5.75 Å². The third-order valence-corrected chi connectivity index (χ3v) is 3.60. The Hall–Kier alpha value is -1.26. The molecular weight excluding hydrogens is 226 g/mol. The first-order valence-corrected chi connectivity index (χ1v) is 6.85. The predicted molar refractivity (Wildman–Crippen MR) is 73.2 cm³/mol. The van der Waals surface area contributed by atoms with E-state index in [0.717, 1.165) is 44.0 Å². The van der Waals surface area contributed by atoms with Crippen LogP contribution in [-0.4, -0.2) is 38.3 Å². The van der Waals surface area contributed by atoms with Crippen molar-refractivity contribution in [2.45, 2.75) is 25.0 Å². The molecule has 3 N–H and O–H groups in total. The maximum absolute atomic E-state index is 6.05. The van der Waals surface area contributed by atoms with Crippen LogP contribution < -0.4 is 20.7 Å². The third kappa shape index (κ3) is 2.76. The maximum atomic E-state index is 6.05. The number of hydrogen-bond donors (Lipinski definition) is 3. The fourth-order valence-electron chi connectivity index (χ4n) is 2.64. The van der Waals surface area contributed by atoms with Gasteiger partial charge >= 0.3 is 0 Å². The molecule has 2 atom stereocenters. The molecule has 2 unspecified atom stereocenters. The number of benzene rings is 1. The zero-order chi connectivity index (χ0) is 12.2. The van der Waals surface area contributed by atoms with Crippen molar-refractivity contribution in [3.63, 3.8) is 0 Å². The van der Waals surface area contributed by atoms with E-state index < -0.39 is 0 Å². The van der Waals surface area contributed by atoms with Crippen LogP contribution in [0.15, 0.2) is 24.3 Å². The fraction of sp³-hybridized carbons (Fsp3) is 0.571. The summed E-state index contributed by atoms with van der Waals surface area (Å²) in [6, 6.07) is 8.68. The molecule has 0 aromatic heterocycles. The minimum Gasteiger partial charge on any atom is -0.486 e. The van der Waals surface area contributed by atoms with Gasteiger partial charge < -0.3 is 20.7 Å². The van der Waals surface area contributed by atoms with Gasteiger partial charge in [0, 0.05) is 19.0 Å². The molecule has 1 aromatic carbocycles. The van der Waals surface area contributed by atoms with E-state index in [9.17, 15) is 0 Å². The molecule has 18 heavy (non-hydrogen) atoms. The molecule has 0 bridgehead atoms. The van der Waals surface area contributed by atoms with Gasteiger partial charge in [-0.2, -0.15) is 0 Å². The standard InChI is InChI=1S/C14H21N3O/c1-2-5-14-13(4-1)17-10-12(18-14)8-11-9-15-6-3-7-16-11/h1-2,4-5,11-12,15-17H,3,6-10H2. The van der Waals surface area contributed by atoms with Gasteiger partial charge in [0.2, 0.25) is 0 Å². The summed E-state index contributed by atoms with van der Waals surface area (Å²) in [6.07, 6.45) is 2.52. The summed E-state index contributed by atoms with van der Waals surface area (Å²) in [7, 11) is 0. The van der Waals surface area contributed by atoms with Gasteiger partial charge in [-0.05, 0) is 31.6 Å². The Balaban J connectivity index is 1.58. The number of para-hydroxylation sites is 2. The topological polar surface area (TPSA) is 45.3 Å². The van der Waals surface area contributed by atoms with Crippen LogP contribution in [0.1, 0.15) is 12.8 Å². The van der Waals surface area contributed by atoms with Crippen molar-refractivity contribution < 1.29 is 4.74 Å². The van der Waals surface area contributed by atoms with Gasteiger partial charge in [-0.25, -0.2) is 0 Å². The van der Waals surface area contributed by atoms with Crippen molar-refractivity contribution in [3.05, 3.63) is 24.3 Å². The first-order chi connectivity index (χ1) is 8.92. The van der Waals surface area contributed by atoms with Crippen molar-refractivity contribution in [2.75, 3.05) is 31.5 Å². The van der Waals surface area contributed by atoms with Crippen molar-refractivity contribution in [2.24, 2.45) is 0 Å². The molecule has 2 aliphatic rings. The number of fused-ring (bicyclic) bond motifs is 1. The minimum atomic E-state index is 0.261. The highest BCUT2D eigenvalue weighted by Gasteiger charge is 2.23. The highest BCUT2D eigenvalue weighted by molar-refractivity contribution is 5.57. The van der Waals surface area contributed by atoms with Gasteiger partial charge in [0.25, 0.3) is 0 Å². The molecule has 98 valence electrons. The monoisotopic (exact) mass is 247 g/mol. The largest absolute Gasteiger partial charge is 0.486 e. The minimum absolute atomic E-state index is 0.261. The van der Waals surface area contributed by atoms with Gasteiger partial charge in [-0.1, -0.05) is 12.1 Å². The van der Waals surface area contributed by atoms with E-state index in [1.54, 1.807) is 0 Å². The lowest BCUT2D eigenvalue weighted by atomic mass is 10.1. The van der Waals surface area contributed by atoms with E-state index in [0.29, 0.717) is 6.04 Å². The summed E-state index contributed by atoms with van der Waals surface area (Å²) in [6.45, 7) is 4.17. The number of ether oxygens (including phenoxy) is 1. The SMILES string of the molecule is c1ccc2c(c1)NCC(CC1CNCCCN1)O2. The summed E-state index contributed by atoms with van der Waals surface area (Å²) < 4.78 is 6.05. The molecule has 4 heteroatoms. The van der Waals surface area contributed by atoms with E-state index in [1.807, 2.05) is 18.2 Å². The van der Waals surface area contributed by atoms with E-state index >= 15 is 0 Å². The molecular formula is C14H21N3O. The molecule has 0 amide bonds. The molecule has 0 radical (unpaired) electrons. The predicted octanol–water partition coefficient (Wildman–Crippen LogP) is 1.20. The third-order valence-electron chi connectivity index (χ3n) is 3.60. The summed E-state index contributed by atoms with van der Waals surface area (Å²) in [5, 5.41) is 10.5. The molecule has 0 saturated carbocycles. The van der Waals surface area contributed by atoms with Crippen molar-refractivity contribution in [1.82, 2.24) is 10.6 Å². The zero-order valence-electron chi connectivity index (χ0n) is 10.6. The van der Waals surface area contributed by atoms with Gasteiger partial charge in [0.05, 0.1) is 12.2 Å². The fourth-order valence-corrected chi connectivity index (χ4v) is 2.64. The van der Waals surface area contributed by atoms with E-state index in [4.69, 9.17) is 4.74 Å². The van der Waals surface area contributed by atoms with Crippen LogP contribution in [0.3, 0.4) is 0 Å². The van der Waals surface area contributed by atoms with Crippen LogP contribution in [0.25, 0.3) is 0 Å². The smallest absolute Gasteiger partial charge is 0.142 e. The summed E-state index contributed by atoms with van der Waals surface area (Å²) in [5.41, 5.74) is 1.11. The summed E-state index contributed by atoms with van der Waals surface area (Å²) >= 11 is 0. The van der Waals surface area contributed by atoms with Gasteiger partial charge in [-0.15, -0.1) is 0 Å². The maximum Gasteiger partial charge on any atom is 0.142 e. The summed E-state index contributed by atoms with van der Waals surface area (Å²) in [4.78, 5) is 0. The van der Waals surface area contributed by atoms with Crippen LogP contribution in [0.5, 0.6) is 5.75 Å². The Bertz CT molecular complexity index is 388. The molecule has 3 rings (SSSR count). The van der Waals surface area contributed by atoms with Crippen LogP contribution in [0.2, 0.25) is 0 Å². The van der Waals surface area contributed by atoms with Crippen molar-refractivity contribution >= 4 is 5.69 Å². The van der Waals surface area contributed by atoms with Gasteiger partial charge in [0.15, 0.2) is 0 Å². The Morgan fingerprint density at radius 1 is 1.17 bits per heavy atom. The molecule has 0 aliphatic carbocycles. The van der Waals surface area contributed by atoms with E-state index in [2.05, 4.69) is 22.0 Å². The molecule has 4 nitrogen and oxygen atoms in total. The second-order valence-corrected chi connectivity index (χ2v) is 5.06. The zero-order valence-corrected chi connectivity index (χ0v) is 10.6. The molecule has 1 saturated heterocycles. The normalized spacial score (nSPS) is 27.6. The molecule has 2 heterocycles. The first kappa shape index (κ1) is 11.8. The molecule has 0 spiro atoms. The second kappa shape index (κ2) is 5.59. The Morgan fingerprint density at radius 3 is 3.11 bits per heavy atom. The highest BCUT2D eigenvalue weighted by Crippen LogP contribution is 2.29. The number of anilines is 1. The van der Waals surface area contributed by atoms with Crippen LogP contribution in [0, 0.1) is 0 Å². The Morgan fingerprint density at radius 2 is 2.11 bits per heavy atom. The van der Waals surface area contributed by atoms with Crippen LogP contribution >= 0.6 is 0 Å². The van der Waals surface area contributed by atoms with E-state index in [-0.39, 0.29) is 6.10 Å². The van der Waals surface area contributed by atoms with Gasteiger partial charge in [-0.3, -0.25) is 0 Å². The number of nitrogens with one attached hydrogen (secondary N) is 3. The van der Waals surface area contributed by atoms with E-state index in [1.165, 1.54) is 6.42 Å². The molecule has 2 aliphatic heterocycles. The first-order valence-electron chi connectivity index (χ1n) is 6.85. The lowest BCUT2D eigenvalue weighted by Gasteiger charge is -2.30. The quantitative estimate of drug-likeness (QED) is 0.735. The molecule has 1 fully saturated rings. The average Bonchev–Trinajstić information content (AvgIpc) is 2.67.